The number of para-hydroxylation sites is 1. The molecule has 0 fully saturated rings. The molecule has 7 heteroatoms. The van der Waals surface area contributed by atoms with Crippen LogP contribution in [0.4, 0.5) is 0 Å². The number of aromatic nitrogens is 3. The average Bonchev–Trinajstić information content (AvgIpc) is 2.96. The Balaban J connectivity index is 1.83. The molecule has 0 atom stereocenters. The molecule has 0 spiro atoms. The first-order chi connectivity index (χ1) is 12.0. The minimum absolute atomic E-state index is 0.164. The second-order valence-corrected chi connectivity index (χ2v) is 6.51. The maximum atomic E-state index is 12.4. The molecule has 1 heterocycles. The van der Waals surface area contributed by atoms with Crippen molar-refractivity contribution in [1.82, 2.24) is 20.1 Å². The van der Waals surface area contributed by atoms with E-state index in [2.05, 4.69) is 15.5 Å². The Morgan fingerprint density at radius 1 is 1.24 bits per heavy atom. The van der Waals surface area contributed by atoms with E-state index in [1.807, 2.05) is 50.2 Å². The molecule has 0 saturated heterocycles. The first kappa shape index (κ1) is 17.4. The molecule has 25 heavy (non-hydrogen) atoms. The maximum Gasteiger partial charge on any atom is 0.251 e. The molecule has 0 aliphatic carbocycles. The Morgan fingerprint density at radius 3 is 2.72 bits per heavy atom. The van der Waals surface area contributed by atoms with Crippen molar-refractivity contribution in [2.24, 2.45) is 0 Å². The van der Waals surface area contributed by atoms with Crippen LogP contribution in [0.3, 0.4) is 0 Å². The molecule has 0 radical (unpaired) electrons. The molecule has 2 aromatic carbocycles. The normalized spacial score (nSPS) is 10.7. The summed E-state index contributed by atoms with van der Waals surface area (Å²) in [5, 5.41) is 10.4. The van der Waals surface area contributed by atoms with E-state index in [1.54, 1.807) is 10.6 Å². The van der Waals surface area contributed by atoms with Gasteiger partial charge in [-0.3, -0.25) is 14.5 Å². The van der Waals surface area contributed by atoms with Crippen molar-refractivity contribution in [3.8, 4) is 5.69 Å². The monoisotopic (exact) mass is 372 g/mol. The van der Waals surface area contributed by atoms with Crippen LogP contribution in [0.1, 0.15) is 27.3 Å². The molecular formula is C18H17ClN4OS. The smallest absolute Gasteiger partial charge is 0.251 e. The lowest BCUT2D eigenvalue weighted by atomic mass is 10.1. The SMILES string of the molecule is Cc1ccc(C(=O)NCc2n[nH]c(=S)n2-c2ccccc2Cl)cc1C. The summed E-state index contributed by atoms with van der Waals surface area (Å²) in [6.45, 7) is 4.22. The van der Waals surface area contributed by atoms with Crippen LogP contribution >= 0.6 is 23.8 Å². The largest absolute Gasteiger partial charge is 0.345 e. The number of carbonyl (C=O) groups excluding carboxylic acids is 1. The van der Waals surface area contributed by atoms with Crippen molar-refractivity contribution in [3.05, 3.63) is 74.8 Å². The standard InChI is InChI=1S/C18H17ClN4OS/c1-11-7-8-13(9-12(11)2)17(24)20-10-16-21-22-18(25)23(16)15-6-4-3-5-14(15)19/h3-9H,10H2,1-2H3,(H,20,24)(H,22,25). The molecule has 3 aromatic rings. The Morgan fingerprint density at radius 2 is 2.00 bits per heavy atom. The molecule has 0 bridgehead atoms. The van der Waals surface area contributed by atoms with E-state index in [4.69, 9.17) is 23.8 Å². The number of hydrogen-bond donors (Lipinski definition) is 2. The molecule has 1 aromatic heterocycles. The number of carbonyl (C=O) groups is 1. The topological polar surface area (TPSA) is 62.7 Å². The Hall–Kier alpha value is -2.44. The van der Waals surface area contributed by atoms with Gasteiger partial charge in [0, 0.05) is 5.56 Å². The van der Waals surface area contributed by atoms with E-state index in [0.29, 0.717) is 21.2 Å². The predicted molar refractivity (Wildman–Crippen MR) is 101 cm³/mol. The number of aromatic amines is 1. The van der Waals surface area contributed by atoms with Crippen LogP contribution in [-0.2, 0) is 6.54 Å². The summed E-state index contributed by atoms with van der Waals surface area (Å²) in [5.41, 5.74) is 3.56. The van der Waals surface area contributed by atoms with E-state index < -0.39 is 0 Å². The molecule has 128 valence electrons. The molecule has 0 unspecified atom stereocenters. The summed E-state index contributed by atoms with van der Waals surface area (Å²) in [7, 11) is 0. The Bertz CT molecular complexity index is 993. The van der Waals surface area contributed by atoms with Gasteiger partial charge < -0.3 is 5.32 Å². The third-order valence-electron chi connectivity index (χ3n) is 4.01. The fraction of sp³-hybridized carbons (Fsp3) is 0.167. The van der Waals surface area contributed by atoms with Gasteiger partial charge in [-0.2, -0.15) is 5.10 Å². The van der Waals surface area contributed by atoms with Crippen LogP contribution < -0.4 is 5.32 Å². The van der Waals surface area contributed by atoms with Gasteiger partial charge in [0.15, 0.2) is 10.6 Å². The van der Waals surface area contributed by atoms with Gasteiger partial charge >= 0.3 is 0 Å². The summed E-state index contributed by atoms with van der Waals surface area (Å²) < 4.78 is 2.14. The summed E-state index contributed by atoms with van der Waals surface area (Å²) in [4.78, 5) is 12.4. The zero-order valence-electron chi connectivity index (χ0n) is 13.8. The zero-order chi connectivity index (χ0) is 18.0. The van der Waals surface area contributed by atoms with Crippen molar-refractivity contribution in [2.45, 2.75) is 20.4 Å². The van der Waals surface area contributed by atoms with Crippen molar-refractivity contribution in [2.75, 3.05) is 0 Å². The Labute approximate surface area is 155 Å². The number of halogens is 1. The molecule has 0 aliphatic heterocycles. The van der Waals surface area contributed by atoms with E-state index in [9.17, 15) is 4.79 Å². The number of nitrogens with zero attached hydrogens (tertiary/aromatic N) is 2. The minimum Gasteiger partial charge on any atom is -0.345 e. The zero-order valence-corrected chi connectivity index (χ0v) is 15.4. The lowest BCUT2D eigenvalue weighted by molar-refractivity contribution is 0.0949. The van der Waals surface area contributed by atoms with Crippen molar-refractivity contribution in [3.63, 3.8) is 0 Å². The first-order valence-electron chi connectivity index (χ1n) is 7.74. The van der Waals surface area contributed by atoms with Crippen molar-refractivity contribution < 1.29 is 4.79 Å². The van der Waals surface area contributed by atoms with E-state index >= 15 is 0 Å². The molecule has 1 amide bonds. The number of nitrogens with one attached hydrogen (secondary N) is 2. The third-order valence-corrected chi connectivity index (χ3v) is 4.60. The molecule has 3 rings (SSSR count). The fourth-order valence-corrected chi connectivity index (χ4v) is 2.94. The van der Waals surface area contributed by atoms with Gasteiger partial charge in [-0.25, -0.2) is 0 Å². The van der Waals surface area contributed by atoms with Crippen LogP contribution in [0.25, 0.3) is 5.69 Å². The summed E-state index contributed by atoms with van der Waals surface area (Å²) in [6.07, 6.45) is 0. The van der Waals surface area contributed by atoms with Crippen molar-refractivity contribution >= 4 is 29.7 Å². The highest BCUT2D eigenvalue weighted by atomic mass is 35.5. The van der Waals surface area contributed by atoms with Crippen LogP contribution in [-0.4, -0.2) is 20.7 Å². The number of hydrogen-bond acceptors (Lipinski definition) is 3. The minimum atomic E-state index is -0.164. The molecule has 5 nitrogen and oxygen atoms in total. The molecule has 0 aliphatic rings. The van der Waals surface area contributed by atoms with E-state index in [-0.39, 0.29) is 12.5 Å². The van der Waals surface area contributed by atoms with Gasteiger partial charge in [0.1, 0.15) is 0 Å². The summed E-state index contributed by atoms with van der Waals surface area (Å²) in [6, 6.07) is 13.0. The second-order valence-electron chi connectivity index (χ2n) is 5.71. The van der Waals surface area contributed by atoms with Gasteiger partial charge in [-0.1, -0.05) is 29.8 Å². The molecule has 0 saturated carbocycles. The van der Waals surface area contributed by atoms with Crippen LogP contribution in [0.15, 0.2) is 42.5 Å². The van der Waals surface area contributed by atoms with Crippen LogP contribution in [0, 0.1) is 18.6 Å². The second kappa shape index (κ2) is 7.21. The summed E-state index contributed by atoms with van der Waals surface area (Å²) >= 11 is 11.5. The summed E-state index contributed by atoms with van der Waals surface area (Å²) in [5.74, 6) is 0.415. The highest BCUT2D eigenvalue weighted by Gasteiger charge is 2.13. The van der Waals surface area contributed by atoms with Crippen molar-refractivity contribution in [1.29, 1.82) is 0 Å². The average molecular weight is 373 g/mol. The predicted octanol–water partition coefficient (Wildman–Crippen LogP) is 4.13. The third kappa shape index (κ3) is 3.65. The van der Waals surface area contributed by atoms with Crippen LogP contribution in [0.5, 0.6) is 0 Å². The highest BCUT2D eigenvalue weighted by Crippen LogP contribution is 2.21. The molecular weight excluding hydrogens is 356 g/mol. The van der Waals surface area contributed by atoms with Gasteiger partial charge in [-0.15, -0.1) is 0 Å². The maximum absolute atomic E-state index is 12.4. The van der Waals surface area contributed by atoms with Crippen LogP contribution in [0.2, 0.25) is 5.02 Å². The highest BCUT2D eigenvalue weighted by molar-refractivity contribution is 7.71. The van der Waals surface area contributed by atoms with E-state index in [0.717, 1.165) is 16.8 Å². The fourth-order valence-electron chi connectivity index (χ4n) is 2.47. The molecule has 2 N–H and O–H groups in total. The number of amides is 1. The van der Waals surface area contributed by atoms with Gasteiger partial charge in [0.25, 0.3) is 5.91 Å². The van der Waals surface area contributed by atoms with Gasteiger partial charge in [-0.05, 0) is 61.5 Å². The Kier molecular flexibility index (Phi) is 5.01. The number of benzene rings is 2. The first-order valence-corrected chi connectivity index (χ1v) is 8.52. The number of aryl methyl sites for hydroxylation is 2. The number of rotatable bonds is 4. The van der Waals surface area contributed by atoms with Gasteiger partial charge in [0.2, 0.25) is 0 Å². The lowest BCUT2D eigenvalue weighted by Gasteiger charge is -2.10. The lowest BCUT2D eigenvalue weighted by Crippen LogP contribution is -2.24. The number of H-pyrrole nitrogens is 1. The van der Waals surface area contributed by atoms with E-state index in [1.165, 1.54) is 0 Å². The quantitative estimate of drug-likeness (QED) is 0.677. The van der Waals surface area contributed by atoms with Gasteiger partial charge in [0.05, 0.1) is 17.3 Å².